The molecule has 7 heteroatoms. The van der Waals surface area contributed by atoms with E-state index in [4.69, 9.17) is 13.9 Å². The van der Waals surface area contributed by atoms with Gasteiger partial charge in [0.2, 0.25) is 5.89 Å². The van der Waals surface area contributed by atoms with E-state index in [0.717, 1.165) is 23.5 Å². The molecule has 0 aliphatic rings. The maximum absolute atomic E-state index is 12.4. The van der Waals surface area contributed by atoms with Gasteiger partial charge in [-0.2, -0.15) is 0 Å². The normalized spacial score (nSPS) is 11.9. The first-order chi connectivity index (χ1) is 15.5. The predicted molar refractivity (Wildman–Crippen MR) is 123 cm³/mol. The van der Waals surface area contributed by atoms with Gasteiger partial charge in [-0.25, -0.2) is 4.98 Å². The summed E-state index contributed by atoms with van der Waals surface area (Å²) in [6, 6.07) is 16.1. The molecular formula is C25H31N3O4. The molecule has 0 fully saturated rings. The van der Waals surface area contributed by atoms with Crippen LogP contribution in [-0.4, -0.2) is 36.1 Å². The van der Waals surface area contributed by atoms with Crippen LogP contribution in [0.15, 0.2) is 59.2 Å². The number of nitrogens with zero attached hydrogens (tertiary/aromatic N) is 2. The summed E-state index contributed by atoms with van der Waals surface area (Å²) in [6.45, 7) is 5.73. The third-order valence-electron chi connectivity index (χ3n) is 5.27. The Morgan fingerprint density at radius 2 is 1.88 bits per heavy atom. The van der Waals surface area contributed by atoms with E-state index < -0.39 is 0 Å². The highest BCUT2D eigenvalue weighted by molar-refractivity contribution is 5.92. The summed E-state index contributed by atoms with van der Waals surface area (Å²) in [4.78, 5) is 19.0. The zero-order valence-electron chi connectivity index (χ0n) is 19.1. The molecule has 1 N–H and O–H groups in total. The Morgan fingerprint density at radius 1 is 1.09 bits per heavy atom. The Labute approximate surface area is 189 Å². The van der Waals surface area contributed by atoms with Gasteiger partial charge in [0, 0.05) is 30.8 Å². The summed E-state index contributed by atoms with van der Waals surface area (Å²) in [7, 11) is 3.28. The lowest BCUT2D eigenvalue weighted by Gasteiger charge is -2.22. The number of rotatable bonds is 11. The smallest absolute Gasteiger partial charge is 0.273 e. The van der Waals surface area contributed by atoms with Crippen molar-refractivity contribution in [3.8, 4) is 11.5 Å². The third kappa shape index (κ3) is 6.34. The molecule has 1 atom stereocenters. The van der Waals surface area contributed by atoms with E-state index in [1.165, 1.54) is 11.8 Å². The number of amides is 1. The van der Waals surface area contributed by atoms with E-state index in [1.54, 1.807) is 14.2 Å². The first-order valence-electron chi connectivity index (χ1n) is 10.7. The SMILES string of the molecule is CCC(C)NC(=O)c1coc(CN(Cc2ccccc2)Cc2ccc(OC)cc2OC)n1. The van der Waals surface area contributed by atoms with Crippen molar-refractivity contribution in [2.75, 3.05) is 14.2 Å². The van der Waals surface area contributed by atoms with Crippen molar-refractivity contribution in [2.45, 2.75) is 45.9 Å². The van der Waals surface area contributed by atoms with Gasteiger partial charge in [0.05, 0.1) is 20.8 Å². The summed E-state index contributed by atoms with van der Waals surface area (Å²) in [5.74, 6) is 1.76. The Balaban J connectivity index is 1.79. The van der Waals surface area contributed by atoms with Crippen LogP contribution in [0.3, 0.4) is 0 Å². The molecular weight excluding hydrogens is 406 g/mol. The fourth-order valence-electron chi connectivity index (χ4n) is 3.31. The van der Waals surface area contributed by atoms with Crippen LogP contribution >= 0.6 is 0 Å². The second kappa shape index (κ2) is 11.3. The summed E-state index contributed by atoms with van der Waals surface area (Å²) in [5.41, 5.74) is 2.48. The van der Waals surface area contributed by atoms with Crippen LogP contribution in [0, 0.1) is 0 Å². The first-order valence-corrected chi connectivity index (χ1v) is 10.7. The van der Waals surface area contributed by atoms with Gasteiger partial charge >= 0.3 is 0 Å². The molecule has 2 aromatic carbocycles. The molecule has 0 aliphatic heterocycles. The van der Waals surface area contributed by atoms with Gasteiger partial charge < -0.3 is 19.2 Å². The van der Waals surface area contributed by atoms with Crippen molar-refractivity contribution >= 4 is 5.91 Å². The highest BCUT2D eigenvalue weighted by Crippen LogP contribution is 2.27. The second-order valence-electron chi connectivity index (χ2n) is 7.72. The number of ether oxygens (including phenoxy) is 2. The van der Waals surface area contributed by atoms with E-state index in [2.05, 4.69) is 27.3 Å². The minimum absolute atomic E-state index is 0.0831. The van der Waals surface area contributed by atoms with Crippen LogP contribution in [0.2, 0.25) is 0 Å². The zero-order valence-corrected chi connectivity index (χ0v) is 19.1. The molecule has 3 aromatic rings. The van der Waals surface area contributed by atoms with Crippen LogP contribution in [0.25, 0.3) is 0 Å². The van der Waals surface area contributed by atoms with Crippen LogP contribution in [0.5, 0.6) is 11.5 Å². The zero-order chi connectivity index (χ0) is 22.9. The number of aromatic nitrogens is 1. The molecule has 0 radical (unpaired) electrons. The summed E-state index contributed by atoms with van der Waals surface area (Å²) in [5, 5.41) is 2.91. The van der Waals surface area contributed by atoms with Gasteiger partial charge in [-0.05, 0) is 25.0 Å². The average Bonchev–Trinajstić information content (AvgIpc) is 3.28. The third-order valence-corrected chi connectivity index (χ3v) is 5.27. The summed E-state index contributed by atoms with van der Waals surface area (Å²) >= 11 is 0. The second-order valence-corrected chi connectivity index (χ2v) is 7.72. The maximum atomic E-state index is 12.4. The number of hydrogen-bond acceptors (Lipinski definition) is 6. The number of oxazole rings is 1. The van der Waals surface area contributed by atoms with Crippen LogP contribution in [-0.2, 0) is 19.6 Å². The molecule has 0 saturated carbocycles. The van der Waals surface area contributed by atoms with E-state index >= 15 is 0 Å². The van der Waals surface area contributed by atoms with E-state index in [-0.39, 0.29) is 11.9 Å². The lowest BCUT2D eigenvalue weighted by molar-refractivity contribution is 0.0934. The molecule has 1 heterocycles. The highest BCUT2D eigenvalue weighted by Gasteiger charge is 2.18. The van der Waals surface area contributed by atoms with Gasteiger partial charge in [-0.3, -0.25) is 9.69 Å². The molecule has 0 aliphatic carbocycles. The van der Waals surface area contributed by atoms with Crippen molar-refractivity contribution in [1.82, 2.24) is 15.2 Å². The first kappa shape index (κ1) is 23.3. The number of carbonyl (C=O) groups is 1. The maximum Gasteiger partial charge on any atom is 0.273 e. The lowest BCUT2D eigenvalue weighted by Crippen LogP contribution is -2.32. The topological polar surface area (TPSA) is 76.8 Å². The lowest BCUT2D eigenvalue weighted by atomic mass is 10.1. The van der Waals surface area contributed by atoms with Gasteiger partial charge in [-0.1, -0.05) is 43.3 Å². The van der Waals surface area contributed by atoms with Crippen molar-refractivity contribution in [1.29, 1.82) is 0 Å². The number of nitrogens with one attached hydrogen (secondary N) is 1. The number of benzene rings is 2. The van der Waals surface area contributed by atoms with Crippen molar-refractivity contribution in [3.05, 3.63) is 77.5 Å². The Kier molecular flexibility index (Phi) is 8.27. The monoisotopic (exact) mass is 437 g/mol. The number of carbonyl (C=O) groups excluding carboxylic acids is 1. The predicted octanol–water partition coefficient (Wildman–Crippen LogP) is 4.42. The minimum Gasteiger partial charge on any atom is -0.497 e. The van der Waals surface area contributed by atoms with Crippen molar-refractivity contribution < 1.29 is 18.7 Å². The Bertz CT molecular complexity index is 1000. The largest absolute Gasteiger partial charge is 0.497 e. The minimum atomic E-state index is -0.221. The van der Waals surface area contributed by atoms with Gasteiger partial charge in [0.25, 0.3) is 5.91 Å². The van der Waals surface area contributed by atoms with Gasteiger partial charge in [0.15, 0.2) is 5.69 Å². The molecule has 0 spiro atoms. The standard InChI is InChI=1S/C25H31N3O4/c1-5-18(2)26-25(29)22-17-32-24(27-22)16-28(14-19-9-7-6-8-10-19)15-20-11-12-21(30-3)13-23(20)31-4/h6-13,17-18H,5,14-16H2,1-4H3,(H,26,29). The quantitative estimate of drug-likeness (QED) is 0.478. The number of hydrogen-bond donors (Lipinski definition) is 1. The summed E-state index contributed by atoms with van der Waals surface area (Å²) < 4.78 is 16.5. The van der Waals surface area contributed by atoms with E-state index in [1.807, 2.05) is 50.2 Å². The molecule has 0 saturated heterocycles. The van der Waals surface area contributed by atoms with Crippen molar-refractivity contribution in [3.63, 3.8) is 0 Å². The van der Waals surface area contributed by atoms with Gasteiger partial charge in [0.1, 0.15) is 17.8 Å². The Morgan fingerprint density at radius 3 is 2.56 bits per heavy atom. The van der Waals surface area contributed by atoms with E-state index in [9.17, 15) is 4.79 Å². The van der Waals surface area contributed by atoms with Gasteiger partial charge in [-0.15, -0.1) is 0 Å². The van der Waals surface area contributed by atoms with Crippen LogP contribution in [0.1, 0.15) is 47.8 Å². The molecule has 170 valence electrons. The molecule has 32 heavy (non-hydrogen) atoms. The highest BCUT2D eigenvalue weighted by atomic mass is 16.5. The van der Waals surface area contributed by atoms with Crippen LogP contribution < -0.4 is 14.8 Å². The molecule has 1 amide bonds. The molecule has 0 bridgehead atoms. The number of methoxy groups -OCH3 is 2. The van der Waals surface area contributed by atoms with E-state index in [0.29, 0.717) is 31.2 Å². The average molecular weight is 438 g/mol. The molecule has 1 aromatic heterocycles. The molecule has 3 rings (SSSR count). The van der Waals surface area contributed by atoms with Crippen LogP contribution in [0.4, 0.5) is 0 Å². The molecule has 1 unspecified atom stereocenters. The fourth-order valence-corrected chi connectivity index (χ4v) is 3.31. The fraction of sp³-hybridized carbons (Fsp3) is 0.360. The molecule has 7 nitrogen and oxygen atoms in total. The summed E-state index contributed by atoms with van der Waals surface area (Å²) in [6.07, 6.45) is 2.27. The van der Waals surface area contributed by atoms with Crippen molar-refractivity contribution in [2.24, 2.45) is 0 Å². The Hall–Kier alpha value is -3.32.